The van der Waals surface area contributed by atoms with Crippen molar-refractivity contribution in [3.8, 4) is 0 Å². The van der Waals surface area contributed by atoms with E-state index in [1.54, 1.807) is 18.2 Å². The lowest BCUT2D eigenvalue weighted by Crippen LogP contribution is -2.48. The number of nitro groups is 1. The third kappa shape index (κ3) is 4.36. The summed E-state index contributed by atoms with van der Waals surface area (Å²) in [5.74, 6) is -0.838. The van der Waals surface area contributed by atoms with E-state index in [2.05, 4.69) is 15.3 Å². The van der Waals surface area contributed by atoms with E-state index < -0.39 is 16.3 Å². The van der Waals surface area contributed by atoms with E-state index in [-0.39, 0.29) is 29.2 Å². The molecule has 31 heavy (non-hydrogen) atoms. The van der Waals surface area contributed by atoms with E-state index in [1.807, 2.05) is 9.80 Å². The zero-order valence-electron chi connectivity index (χ0n) is 16.4. The Balaban J connectivity index is 1.45. The van der Waals surface area contributed by atoms with Gasteiger partial charge in [-0.1, -0.05) is 12.1 Å². The fraction of sp³-hybridized carbons (Fsp3) is 0.250. The molecular weight excluding hydrogens is 407 g/mol. The lowest BCUT2D eigenvalue weighted by molar-refractivity contribution is -0.384. The van der Waals surface area contributed by atoms with Crippen LogP contribution in [0.15, 0.2) is 47.5 Å². The molecule has 2 heterocycles. The maximum atomic E-state index is 13.7. The Morgan fingerprint density at radius 3 is 2.68 bits per heavy atom. The molecule has 1 aliphatic rings. The largest absolute Gasteiger partial charge is 0.363 e. The molecule has 2 N–H and O–H groups in total. The highest BCUT2D eigenvalue weighted by molar-refractivity contribution is 5.92. The minimum atomic E-state index is -0.518. The number of hydrogen-bond acceptors (Lipinski definition) is 7. The quantitative estimate of drug-likeness (QED) is 0.470. The van der Waals surface area contributed by atoms with Crippen LogP contribution >= 0.6 is 0 Å². The number of halogens is 1. The first-order valence-corrected chi connectivity index (χ1v) is 9.60. The number of para-hydroxylation sites is 1. The van der Waals surface area contributed by atoms with Gasteiger partial charge in [0.05, 0.1) is 34.4 Å². The monoisotopic (exact) mass is 426 g/mol. The van der Waals surface area contributed by atoms with E-state index in [4.69, 9.17) is 0 Å². The molecule has 1 saturated heterocycles. The number of aromatic nitrogens is 2. The molecule has 1 fully saturated rings. The number of benzene rings is 2. The molecule has 0 aliphatic carbocycles. The molecule has 2 aromatic carbocycles. The third-order valence-electron chi connectivity index (χ3n) is 5.16. The number of carbonyl (C=O) groups excluding carboxylic acids is 1. The van der Waals surface area contributed by atoms with Gasteiger partial charge in [0, 0.05) is 32.2 Å². The van der Waals surface area contributed by atoms with E-state index in [0.717, 1.165) is 0 Å². The second-order valence-electron chi connectivity index (χ2n) is 7.14. The van der Waals surface area contributed by atoms with Crippen LogP contribution < -0.4 is 15.8 Å². The summed E-state index contributed by atoms with van der Waals surface area (Å²) in [4.78, 5) is 45.5. The van der Waals surface area contributed by atoms with E-state index in [0.29, 0.717) is 37.4 Å². The van der Waals surface area contributed by atoms with Crippen LogP contribution in [0.4, 0.5) is 21.5 Å². The van der Waals surface area contributed by atoms with Gasteiger partial charge in [-0.2, -0.15) is 0 Å². The minimum absolute atomic E-state index is 0.0823. The van der Waals surface area contributed by atoms with Crippen molar-refractivity contribution in [2.45, 2.75) is 0 Å². The fourth-order valence-electron chi connectivity index (χ4n) is 3.59. The average Bonchev–Trinajstić information content (AvgIpc) is 2.75. The van der Waals surface area contributed by atoms with Crippen molar-refractivity contribution in [2.75, 3.05) is 42.9 Å². The number of piperazine rings is 1. The average molecular weight is 426 g/mol. The Labute approximate surface area is 175 Å². The normalized spacial score (nSPS) is 14.5. The lowest BCUT2D eigenvalue weighted by Gasteiger charge is -2.35. The number of amides is 1. The molecule has 11 heteroatoms. The van der Waals surface area contributed by atoms with Crippen LogP contribution in [0, 0.1) is 15.9 Å². The highest BCUT2D eigenvalue weighted by Crippen LogP contribution is 2.32. The molecule has 0 unspecified atom stereocenters. The number of rotatable bonds is 5. The molecule has 0 atom stereocenters. The zero-order chi connectivity index (χ0) is 22.0. The Morgan fingerprint density at radius 2 is 1.97 bits per heavy atom. The first-order valence-electron chi connectivity index (χ1n) is 9.60. The summed E-state index contributed by atoms with van der Waals surface area (Å²) in [6, 6.07) is 8.73. The molecular formula is C20H19FN6O4. The zero-order valence-corrected chi connectivity index (χ0v) is 16.4. The molecule has 1 aromatic heterocycles. The van der Waals surface area contributed by atoms with Gasteiger partial charge < -0.3 is 15.2 Å². The molecule has 4 rings (SSSR count). The molecule has 1 aliphatic heterocycles. The number of nitrogens with one attached hydrogen (secondary N) is 2. The van der Waals surface area contributed by atoms with Gasteiger partial charge in [0.1, 0.15) is 11.5 Å². The Bertz CT molecular complexity index is 1210. The van der Waals surface area contributed by atoms with Gasteiger partial charge in [-0.3, -0.25) is 24.6 Å². The predicted octanol–water partition coefficient (Wildman–Crippen LogP) is 1.73. The predicted molar refractivity (Wildman–Crippen MR) is 113 cm³/mol. The van der Waals surface area contributed by atoms with E-state index in [9.17, 15) is 24.1 Å². The molecule has 160 valence electrons. The number of nitro benzene ring substituents is 1. The van der Waals surface area contributed by atoms with Crippen molar-refractivity contribution in [1.29, 1.82) is 0 Å². The summed E-state index contributed by atoms with van der Waals surface area (Å²) in [6.45, 7) is 1.95. The van der Waals surface area contributed by atoms with Crippen molar-refractivity contribution < 1.29 is 14.1 Å². The molecule has 3 aromatic rings. The topological polar surface area (TPSA) is 124 Å². The number of carbonyl (C=O) groups is 1. The number of aromatic amines is 1. The van der Waals surface area contributed by atoms with Gasteiger partial charge >= 0.3 is 0 Å². The number of H-pyrrole nitrogens is 1. The smallest absolute Gasteiger partial charge is 0.293 e. The van der Waals surface area contributed by atoms with Crippen LogP contribution in [-0.2, 0) is 4.79 Å². The SMILES string of the molecule is O=C(CN1CCN(c2cc3nc[nH]c(=O)c3cc2[N+](=O)[O-])CC1)Nc1ccccc1F. The van der Waals surface area contributed by atoms with Crippen molar-refractivity contribution in [2.24, 2.45) is 0 Å². The molecule has 0 bridgehead atoms. The Morgan fingerprint density at radius 1 is 1.23 bits per heavy atom. The van der Waals surface area contributed by atoms with Crippen LogP contribution in [0.3, 0.4) is 0 Å². The fourth-order valence-corrected chi connectivity index (χ4v) is 3.59. The number of fused-ring (bicyclic) bond motifs is 1. The van der Waals surface area contributed by atoms with Crippen molar-refractivity contribution in [3.63, 3.8) is 0 Å². The van der Waals surface area contributed by atoms with Gasteiger partial charge in [-0.15, -0.1) is 0 Å². The summed E-state index contributed by atoms with van der Waals surface area (Å²) in [5, 5.41) is 14.3. The molecule has 0 radical (unpaired) electrons. The Kier molecular flexibility index (Phi) is 5.58. The van der Waals surface area contributed by atoms with Gasteiger partial charge in [0.15, 0.2) is 0 Å². The first kappa shape index (κ1) is 20.4. The molecule has 1 amide bonds. The minimum Gasteiger partial charge on any atom is -0.363 e. The van der Waals surface area contributed by atoms with Gasteiger partial charge in [-0.05, 0) is 18.2 Å². The second kappa shape index (κ2) is 8.48. The summed E-state index contributed by atoms with van der Waals surface area (Å²) in [7, 11) is 0. The van der Waals surface area contributed by atoms with Gasteiger partial charge in [0.2, 0.25) is 5.91 Å². The summed E-state index contributed by atoms with van der Waals surface area (Å²) in [6.07, 6.45) is 1.26. The van der Waals surface area contributed by atoms with Crippen molar-refractivity contribution in [1.82, 2.24) is 14.9 Å². The van der Waals surface area contributed by atoms with Crippen molar-refractivity contribution in [3.05, 3.63) is 69.0 Å². The van der Waals surface area contributed by atoms with Crippen LogP contribution in [0.25, 0.3) is 10.9 Å². The van der Waals surface area contributed by atoms with Gasteiger partial charge in [-0.25, -0.2) is 9.37 Å². The summed E-state index contributed by atoms with van der Waals surface area (Å²) >= 11 is 0. The van der Waals surface area contributed by atoms with Gasteiger partial charge in [0.25, 0.3) is 11.2 Å². The lowest BCUT2D eigenvalue weighted by atomic mass is 10.1. The molecule has 10 nitrogen and oxygen atoms in total. The first-order chi connectivity index (χ1) is 14.9. The highest BCUT2D eigenvalue weighted by atomic mass is 19.1. The summed E-state index contributed by atoms with van der Waals surface area (Å²) in [5.41, 5.74) is 0.268. The van der Waals surface area contributed by atoms with Crippen molar-refractivity contribution >= 4 is 33.9 Å². The molecule has 0 saturated carbocycles. The van der Waals surface area contributed by atoms with Crippen LogP contribution in [-0.4, -0.2) is 58.4 Å². The number of nitrogens with zero attached hydrogens (tertiary/aromatic N) is 4. The number of hydrogen-bond donors (Lipinski definition) is 2. The molecule has 0 spiro atoms. The van der Waals surface area contributed by atoms with Crippen LogP contribution in [0.2, 0.25) is 0 Å². The Hall–Kier alpha value is -3.86. The van der Waals surface area contributed by atoms with E-state index in [1.165, 1.54) is 24.5 Å². The van der Waals surface area contributed by atoms with E-state index >= 15 is 0 Å². The third-order valence-corrected chi connectivity index (χ3v) is 5.16. The van der Waals surface area contributed by atoms with Crippen LogP contribution in [0.5, 0.6) is 0 Å². The second-order valence-corrected chi connectivity index (χ2v) is 7.14. The summed E-state index contributed by atoms with van der Waals surface area (Å²) < 4.78 is 13.7. The standard InChI is InChI=1S/C20H19FN6O4/c21-14-3-1-2-4-15(14)24-19(28)11-25-5-7-26(8-6-25)17-10-16-13(9-18(17)27(30)31)20(29)23-12-22-16/h1-4,9-10,12H,5-8,11H2,(H,24,28)(H,22,23,29). The van der Waals surface area contributed by atoms with Crippen LogP contribution in [0.1, 0.15) is 0 Å². The number of anilines is 2. The highest BCUT2D eigenvalue weighted by Gasteiger charge is 2.26. The maximum absolute atomic E-state index is 13.7. The maximum Gasteiger partial charge on any atom is 0.293 e.